The highest BCUT2D eigenvalue weighted by Crippen LogP contribution is 2.07. The highest BCUT2D eigenvalue weighted by molar-refractivity contribution is 7.80. The van der Waals surface area contributed by atoms with Crippen LogP contribution >= 0.6 is 12.6 Å². The number of esters is 1. The molecule has 0 radical (unpaired) electrons. The summed E-state index contributed by atoms with van der Waals surface area (Å²) in [6, 6.07) is 8.50. The quantitative estimate of drug-likeness (QED) is 0.446. The summed E-state index contributed by atoms with van der Waals surface area (Å²) in [7, 11) is 0. The van der Waals surface area contributed by atoms with Crippen LogP contribution in [0, 0.1) is 0 Å². The van der Waals surface area contributed by atoms with Crippen LogP contribution in [0.3, 0.4) is 0 Å². The molecule has 1 unspecified atom stereocenters. The normalized spacial score (nSPS) is 11.5. The summed E-state index contributed by atoms with van der Waals surface area (Å²) in [5.74, 6) is 0.0994. The van der Waals surface area contributed by atoms with Gasteiger partial charge in [-0.2, -0.15) is 12.6 Å². The van der Waals surface area contributed by atoms with Crippen LogP contribution in [0.2, 0.25) is 0 Å². The lowest BCUT2D eigenvalue weighted by Gasteiger charge is -2.14. The molecule has 1 atom stereocenters. The van der Waals surface area contributed by atoms with Crippen molar-refractivity contribution in [2.45, 2.75) is 13.0 Å². The zero-order chi connectivity index (χ0) is 14.1. The van der Waals surface area contributed by atoms with E-state index < -0.39 is 12.0 Å². The van der Waals surface area contributed by atoms with Crippen LogP contribution in [-0.4, -0.2) is 36.9 Å². The maximum atomic E-state index is 11.6. The zero-order valence-electron chi connectivity index (χ0n) is 10.7. The maximum Gasteiger partial charge on any atom is 0.329 e. The van der Waals surface area contributed by atoms with Gasteiger partial charge in [0.25, 0.3) is 0 Å². The van der Waals surface area contributed by atoms with Gasteiger partial charge in [-0.05, 0) is 12.1 Å². The third kappa shape index (κ3) is 6.15. The highest BCUT2D eigenvalue weighted by Gasteiger charge is 2.18. The van der Waals surface area contributed by atoms with Crippen LogP contribution in [0.1, 0.15) is 6.92 Å². The van der Waals surface area contributed by atoms with Crippen LogP contribution in [0.5, 0.6) is 5.75 Å². The van der Waals surface area contributed by atoms with Crippen molar-refractivity contribution >= 4 is 24.5 Å². The van der Waals surface area contributed by atoms with E-state index in [1.54, 1.807) is 0 Å². The van der Waals surface area contributed by atoms with E-state index in [1.165, 1.54) is 6.92 Å². The Kier molecular flexibility index (Phi) is 6.81. The number of thiol groups is 1. The summed E-state index contributed by atoms with van der Waals surface area (Å²) < 4.78 is 10.4. The van der Waals surface area contributed by atoms with E-state index >= 15 is 0 Å². The largest absolute Gasteiger partial charge is 0.490 e. The summed E-state index contributed by atoms with van der Waals surface area (Å²) in [4.78, 5) is 22.4. The van der Waals surface area contributed by atoms with Gasteiger partial charge in [0.05, 0.1) is 0 Å². The van der Waals surface area contributed by atoms with E-state index in [2.05, 4.69) is 17.9 Å². The van der Waals surface area contributed by atoms with E-state index in [0.29, 0.717) is 5.75 Å². The second-order valence-electron chi connectivity index (χ2n) is 3.76. The minimum Gasteiger partial charge on any atom is -0.490 e. The lowest BCUT2D eigenvalue weighted by molar-refractivity contribution is -0.147. The van der Waals surface area contributed by atoms with Crippen molar-refractivity contribution < 1.29 is 19.1 Å². The van der Waals surface area contributed by atoms with E-state index in [0.717, 1.165) is 0 Å². The van der Waals surface area contributed by atoms with Gasteiger partial charge in [-0.1, -0.05) is 18.2 Å². The maximum absolute atomic E-state index is 11.6. The van der Waals surface area contributed by atoms with Crippen molar-refractivity contribution in [3.8, 4) is 5.75 Å². The van der Waals surface area contributed by atoms with Gasteiger partial charge in [-0.15, -0.1) is 0 Å². The Morgan fingerprint density at radius 1 is 1.26 bits per heavy atom. The number of amides is 1. The van der Waals surface area contributed by atoms with Crippen LogP contribution in [0.4, 0.5) is 0 Å². The molecule has 0 heterocycles. The van der Waals surface area contributed by atoms with Crippen LogP contribution in [0.15, 0.2) is 30.3 Å². The Hall–Kier alpha value is -1.69. The van der Waals surface area contributed by atoms with Crippen LogP contribution in [0.25, 0.3) is 0 Å². The van der Waals surface area contributed by atoms with Crippen molar-refractivity contribution in [1.29, 1.82) is 0 Å². The topological polar surface area (TPSA) is 64.6 Å². The number of hydrogen-bond acceptors (Lipinski definition) is 5. The minimum atomic E-state index is -0.724. The SMILES string of the molecule is CC(=O)NC(CS)C(=O)OCCOc1ccccc1. The first-order valence-electron chi connectivity index (χ1n) is 5.86. The van der Waals surface area contributed by atoms with Gasteiger partial charge < -0.3 is 14.8 Å². The second-order valence-corrected chi connectivity index (χ2v) is 4.13. The average molecular weight is 283 g/mol. The number of rotatable bonds is 7. The van der Waals surface area contributed by atoms with Crippen LogP contribution < -0.4 is 10.1 Å². The van der Waals surface area contributed by atoms with Gasteiger partial charge in [0.15, 0.2) is 0 Å². The number of nitrogens with one attached hydrogen (secondary N) is 1. The molecule has 0 aliphatic heterocycles. The number of carbonyl (C=O) groups is 2. The van der Waals surface area contributed by atoms with Crippen LogP contribution in [-0.2, 0) is 14.3 Å². The highest BCUT2D eigenvalue weighted by atomic mass is 32.1. The molecule has 104 valence electrons. The van der Waals surface area contributed by atoms with Gasteiger partial charge in [-0.25, -0.2) is 4.79 Å². The fourth-order valence-electron chi connectivity index (χ4n) is 1.34. The molecule has 0 fully saturated rings. The monoisotopic (exact) mass is 283 g/mol. The third-order valence-corrected chi connectivity index (χ3v) is 2.55. The molecular formula is C13H17NO4S. The standard InChI is InChI=1S/C13H17NO4S/c1-10(15)14-12(9-19)13(16)18-8-7-17-11-5-3-2-4-6-11/h2-6,12,19H,7-9H2,1H3,(H,14,15). The molecule has 19 heavy (non-hydrogen) atoms. The van der Waals surface area contributed by atoms with Gasteiger partial charge in [0, 0.05) is 12.7 Å². The molecule has 0 bridgehead atoms. The molecule has 0 aliphatic carbocycles. The minimum absolute atomic E-state index is 0.123. The molecule has 0 aliphatic rings. The Bertz CT molecular complexity index is 410. The molecule has 1 aromatic rings. The molecule has 1 rings (SSSR count). The molecule has 1 amide bonds. The fraction of sp³-hybridized carbons (Fsp3) is 0.385. The van der Waals surface area contributed by atoms with Gasteiger partial charge in [0.1, 0.15) is 25.0 Å². The van der Waals surface area contributed by atoms with Crippen molar-refractivity contribution in [3.05, 3.63) is 30.3 Å². The van der Waals surface area contributed by atoms with Gasteiger partial charge >= 0.3 is 5.97 Å². The third-order valence-electron chi connectivity index (χ3n) is 2.18. The van der Waals surface area contributed by atoms with Gasteiger partial charge in [0.2, 0.25) is 5.91 Å². The Labute approximate surface area is 117 Å². The summed E-state index contributed by atoms with van der Waals surface area (Å²) in [5, 5.41) is 2.46. The molecule has 0 spiro atoms. The molecular weight excluding hydrogens is 266 g/mol. The molecule has 5 nitrogen and oxygen atoms in total. The molecule has 6 heteroatoms. The van der Waals surface area contributed by atoms with Crippen molar-refractivity contribution in [3.63, 3.8) is 0 Å². The first-order valence-corrected chi connectivity index (χ1v) is 6.49. The van der Waals surface area contributed by atoms with Gasteiger partial charge in [-0.3, -0.25) is 4.79 Å². The van der Waals surface area contributed by atoms with Crippen molar-refractivity contribution in [1.82, 2.24) is 5.32 Å². The summed E-state index contributed by atoms with van der Waals surface area (Å²) in [6.45, 7) is 1.72. The lowest BCUT2D eigenvalue weighted by Crippen LogP contribution is -2.42. The smallest absolute Gasteiger partial charge is 0.329 e. The zero-order valence-corrected chi connectivity index (χ0v) is 11.6. The first-order chi connectivity index (χ1) is 9.13. The average Bonchev–Trinajstić information content (AvgIpc) is 2.41. The molecule has 1 aromatic carbocycles. The number of para-hydroxylation sites is 1. The Morgan fingerprint density at radius 3 is 2.53 bits per heavy atom. The summed E-state index contributed by atoms with van der Waals surface area (Å²) in [6.07, 6.45) is 0. The number of carbonyl (C=O) groups excluding carboxylic acids is 2. The molecule has 0 saturated heterocycles. The predicted octanol–water partition coefficient (Wildman–Crippen LogP) is 1.04. The predicted molar refractivity (Wildman–Crippen MR) is 74.4 cm³/mol. The van der Waals surface area contributed by atoms with Crippen molar-refractivity contribution in [2.75, 3.05) is 19.0 Å². The fourth-order valence-corrected chi connectivity index (χ4v) is 1.58. The van der Waals surface area contributed by atoms with E-state index in [-0.39, 0.29) is 24.9 Å². The first kappa shape index (κ1) is 15.4. The van der Waals surface area contributed by atoms with E-state index in [4.69, 9.17) is 9.47 Å². The summed E-state index contributed by atoms with van der Waals surface area (Å²) in [5.41, 5.74) is 0. The number of hydrogen-bond donors (Lipinski definition) is 2. The van der Waals surface area contributed by atoms with E-state index in [9.17, 15) is 9.59 Å². The molecule has 1 N–H and O–H groups in total. The Balaban J connectivity index is 2.24. The van der Waals surface area contributed by atoms with Crippen molar-refractivity contribution in [2.24, 2.45) is 0 Å². The Morgan fingerprint density at radius 2 is 1.95 bits per heavy atom. The number of ether oxygens (including phenoxy) is 2. The van der Waals surface area contributed by atoms with E-state index in [1.807, 2.05) is 30.3 Å². The number of benzene rings is 1. The summed E-state index contributed by atoms with van der Waals surface area (Å²) >= 11 is 3.99. The molecule has 0 saturated carbocycles. The second kappa shape index (κ2) is 8.42. The molecule has 0 aromatic heterocycles. The lowest BCUT2D eigenvalue weighted by atomic mass is 10.3.